The summed E-state index contributed by atoms with van der Waals surface area (Å²) in [5.41, 5.74) is -0.294. The fraction of sp³-hybridized carbons (Fsp3) is 0.188. The second-order valence-electron chi connectivity index (χ2n) is 4.20. The fourth-order valence-electron chi connectivity index (χ4n) is 2.04. The van der Waals surface area contributed by atoms with Crippen LogP contribution >= 0.6 is 12.4 Å². The van der Waals surface area contributed by atoms with E-state index in [1.54, 1.807) is 31.2 Å². The zero-order valence-electron chi connectivity index (χ0n) is 11.2. The van der Waals surface area contributed by atoms with Gasteiger partial charge in [-0.15, -0.1) is 12.4 Å². The SMILES string of the molecule is CCOC(=N)C(O)(c1ccccc1)c1ccccc1.Cl. The van der Waals surface area contributed by atoms with Crippen molar-refractivity contribution in [3.05, 3.63) is 71.8 Å². The van der Waals surface area contributed by atoms with E-state index in [0.29, 0.717) is 17.7 Å². The third-order valence-electron chi connectivity index (χ3n) is 3.00. The van der Waals surface area contributed by atoms with Crippen LogP contribution in [0.1, 0.15) is 18.1 Å². The quantitative estimate of drug-likeness (QED) is 0.670. The van der Waals surface area contributed by atoms with E-state index in [-0.39, 0.29) is 18.3 Å². The van der Waals surface area contributed by atoms with Crippen LogP contribution < -0.4 is 0 Å². The summed E-state index contributed by atoms with van der Waals surface area (Å²) < 4.78 is 5.25. The molecule has 0 radical (unpaired) electrons. The van der Waals surface area contributed by atoms with Crippen molar-refractivity contribution in [2.75, 3.05) is 6.61 Å². The van der Waals surface area contributed by atoms with Crippen molar-refractivity contribution >= 4 is 18.3 Å². The Bertz CT molecular complexity index is 503. The lowest BCUT2D eigenvalue weighted by Gasteiger charge is -2.29. The molecular formula is C16H18ClNO2. The summed E-state index contributed by atoms with van der Waals surface area (Å²) in [5.74, 6) is -0.160. The lowest BCUT2D eigenvalue weighted by molar-refractivity contribution is 0.115. The van der Waals surface area contributed by atoms with Gasteiger partial charge in [-0.25, -0.2) is 0 Å². The summed E-state index contributed by atoms with van der Waals surface area (Å²) in [7, 11) is 0. The van der Waals surface area contributed by atoms with Crippen LogP contribution in [0.2, 0.25) is 0 Å². The highest BCUT2D eigenvalue weighted by atomic mass is 35.5. The first-order chi connectivity index (χ1) is 9.19. The first kappa shape index (κ1) is 16.2. The second kappa shape index (κ2) is 7.08. The summed E-state index contributed by atoms with van der Waals surface area (Å²) in [6, 6.07) is 18.3. The molecule has 2 aromatic carbocycles. The Labute approximate surface area is 125 Å². The lowest BCUT2D eigenvalue weighted by Crippen LogP contribution is -2.38. The molecule has 3 nitrogen and oxygen atoms in total. The fourth-order valence-corrected chi connectivity index (χ4v) is 2.04. The van der Waals surface area contributed by atoms with Gasteiger partial charge in [0.2, 0.25) is 5.90 Å². The molecule has 20 heavy (non-hydrogen) atoms. The molecule has 0 aromatic heterocycles. The predicted octanol–water partition coefficient (Wildman–Crippen LogP) is 3.36. The van der Waals surface area contributed by atoms with Crippen LogP contribution in [0.3, 0.4) is 0 Å². The molecule has 2 aromatic rings. The van der Waals surface area contributed by atoms with E-state index in [1.165, 1.54) is 0 Å². The molecular weight excluding hydrogens is 274 g/mol. The van der Waals surface area contributed by atoms with Crippen molar-refractivity contribution in [3.8, 4) is 0 Å². The number of benzene rings is 2. The van der Waals surface area contributed by atoms with Crippen LogP contribution in [0.25, 0.3) is 0 Å². The maximum atomic E-state index is 11.0. The summed E-state index contributed by atoms with van der Waals surface area (Å²) >= 11 is 0. The molecule has 2 rings (SSSR count). The molecule has 0 fully saturated rings. The Morgan fingerprint density at radius 3 is 1.75 bits per heavy atom. The monoisotopic (exact) mass is 291 g/mol. The van der Waals surface area contributed by atoms with Crippen molar-refractivity contribution in [1.29, 1.82) is 5.41 Å². The molecule has 0 saturated carbocycles. The predicted molar refractivity (Wildman–Crippen MR) is 82.5 cm³/mol. The Hall–Kier alpha value is -1.84. The second-order valence-corrected chi connectivity index (χ2v) is 4.20. The number of rotatable bonds is 4. The highest BCUT2D eigenvalue weighted by molar-refractivity contribution is 5.87. The third-order valence-corrected chi connectivity index (χ3v) is 3.00. The van der Waals surface area contributed by atoms with Crippen molar-refractivity contribution in [2.24, 2.45) is 0 Å². The van der Waals surface area contributed by atoms with Crippen molar-refractivity contribution in [2.45, 2.75) is 12.5 Å². The normalized spacial score (nSPS) is 10.5. The molecule has 0 heterocycles. The molecule has 0 bridgehead atoms. The molecule has 106 valence electrons. The van der Waals surface area contributed by atoms with Gasteiger partial charge in [0.25, 0.3) is 0 Å². The van der Waals surface area contributed by atoms with Crippen LogP contribution in [0, 0.1) is 5.41 Å². The Balaban J connectivity index is 0.00000200. The number of hydrogen-bond donors (Lipinski definition) is 2. The van der Waals surface area contributed by atoms with Gasteiger partial charge in [0.15, 0.2) is 5.60 Å². The highest BCUT2D eigenvalue weighted by Crippen LogP contribution is 2.31. The largest absolute Gasteiger partial charge is 0.479 e. The number of nitrogens with one attached hydrogen (secondary N) is 1. The number of halogens is 1. The molecule has 0 spiro atoms. The zero-order valence-corrected chi connectivity index (χ0v) is 12.1. The minimum absolute atomic E-state index is 0. The van der Waals surface area contributed by atoms with Gasteiger partial charge < -0.3 is 9.84 Å². The number of hydrogen-bond acceptors (Lipinski definition) is 3. The van der Waals surface area contributed by atoms with Crippen molar-refractivity contribution in [1.82, 2.24) is 0 Å². The third kappa shape index (κ3) is 3.00. The molecule has 4 heteroatoms. The Kier molecular flexibility index (Phi) is 5.74. The summed E-state index contributed by atoms with van der Waals surface area (Å²) in [5, 5.41) is 19.0. The van der Waals surface area contributed by atoms with Crippen LogP contribution in [0.15, 0.2) is 60.7 Å². The van der Waals surface area contributed by atoms with E-state index in [0.717, 1.165) is 0 Å². The summed E-state index contributed by atoms with van der Waals surface area (Å²) in [6.45, 7) is 2.14. The smallest absolute Gasteiger partial charge is 0.223 e. The summed E-state index contributed by atoms with van der Waals surface area (Å²) in [4.78, 5) is 0. The molecule has 0 aliphatic heterocycles. The molecule has 0 saturated heterocycles. The standard InChI is InChI=1S/C16H17NO2.ClH/c1-2-19-15(17)16(18,13-9-5-3-6-10-13)14-11-7-4-8-12-14;/h3-12,17-18H,2H2,1H3;1H. The molecule has 0 aliphatic carbocycles. The van der Waals surface area contributed by atoms with Gasteiger partial charge in [-0.3, -0.25) is 5.41 Å². The van der Waals surface area contributed by atoms with Gasteiger partial charge in [-0.05, 0) is 18.1 Å². The van der Waals surface area contributed by atoms with Crippen molar-refractivity contribution < 1.29 is 9.84 Å². The Morgan fingerprint density at radius 2 is 1.40 bits per heavy atom. The van der Waals surface area contributed by atoms with E-state index in [1.807, 2.05) is 36.4 Å². The average Bonchev–Trinajstić information content (AvgIpc) is 2.48. The molecule has 0 atom stereocenters. The molecule has 2 N–H and O–H groups in total. The maximum absolute atomic E-state index is 11.0. The number of ether oxygens (including phenoxy) is 1. The van der Waals surface area contributed by atoms with Crippen molar-refractivity contribution in [3.63, 3.8) is 0 Å². The van der Waals surface area contributed by atoms with Gasteiger partial charge >= 0.3 is 0 Å². The van der Waals surface area contributed by atoms with Crippen LogP contribution in [0.5, 0.6) is 0 Å². The molecule has 0 unspecified atom stereocenters. The van der Waals surface area contributed by atoms with Gasteiger partial charge in [0.05, 0.1) is 6.61 Å². The number of aliphatic hydroxyl groups is 1. The van der Waals surface area contributed by atoms with Gasteiger partial charge in [-0.1, -0.05) is 60.7 Å². The molecule has 0 amide bonds. The van der Waals surface area contributed by atoms with Gasteiger partial charge in [-0.2, -0.15) is 0 Å². The first-order valence-electron chi connectivity index (χ1n) is 6.24. The van der Waals surface area contributed by atoms with E-state index in [9.17, 15) is 5.11 Å². The zero-order chi connectivity index (χ0) is 13.7. The highest BCUT2D eigenvalue weighted by Gasteiger charge is 2.38. The minimum Gasteiger partial charge on any atom is -0.479 e. The van der Waals surface area contributed by atoms with Gasteiger partial charge in [0, 0.05) is 0 Å². The average molecular weight is 292 g/mol. The lowest BCUT2D eigenvalue weighted by atomic mass is 9.86. The van der Waals surface area contributed by atoms with Crippen LogP contribution in [0.4, 0.5) is 0 Å². The first-order valence-corrected chi connectivity index (χ1v) is 6.24. The maximum Gasteiger partial charge on any atom is 0.223 e. The van der Waals surface area contributed by atoms with Crippen LogP contribution in [-0.4, -0.2) is 17.6 Å². The minimum atomic E-state index is -1.54. The summed E-state index contributed by atoms with van der Waals surface area (Å²) in [6.07, 6.45) is 0. The van der Waals surface area contributed by atoms with E-state index >= 15 is 0 Å². The van der Waals surface area contributed by atoms with E-state index in [2.05, 4.69) is 0 Å². The van der Waals surface area contributed by atoms with E-state index < -0.39 is 5.60 Å². The Morgan fingerprint density at radius 1 is 1.00 bits per heavy atom. The topological polar surface area (TPSA) is 53.3 Å². The van der Waals surface area contributed by atoms with Crippen LogP contribution in [-0.2, 0) is 10.3 Å². The van der Waals surface area contributed by atoms with E-state index in [4.69, 9.17) is 10.1 Å². The van der Waals surface area contributed by atoms with Gasteiger partial charge in [0.1, 0.15) is 0 Å². The molecule has 0 aliphatic rings.